The van der Waals surface area contributed by atoms with Gasteiger partial charge < -0.3 is 10.4 Å². The van der Waals surface area contributed by atoms with Crippen LogP contribution in [0.1, 0.15) is 17.2 Å². The lowest BCUT2D eigenvalue weighted by molar-refractivity contribution is 0.174. The molecule has 20 heavy (non-hydrogen) atoms. The van der Waals surface area contributed by atoms with E-state index in [9.17, 15) is 5.11 Å². The summed E-state index contributed by atoms with van der Waals surface area (Å²) in [6.07, 6.45) is -0.539. The second-order valence-corrected chi connectivity index (χ2v) is 5.07. The van der Waals surface area contributed by atoms with Crippen molar-refractivity contribution in [2.24, 2.45) is 0 Å². The highest BCUT2D eigenvalue weighted by atomic mass is 35.5. The van der Waals surface area contributed by atoms with Gasteiger partial charge in [-0.25, -0.2) is 0 Å². The molecule has 5 heteroatoms. The molecule has 0 saturated heterocycles. The summed E-state index contributed by atoms with van der Waals surface area (Å²) in [6.45, 7) is 0.980. The van der Waals surface area contributed by atoms with Crippen molar-refractivity contribution in [2.45, 2.75) is 12.6 Å². The van der Waals surface area contributed by atoms with Crippen LogP contribution in [0.4, 0.5) is 0 Å². The van der Waals surface area contributed by atoms with Gasteiger partial charge in [-0.1, -0.05) is 59.6 Å². The summed E-state index contributed by atoms with van der Waals surface area (Å²) in [7, 11) is 0. The van der Waals surface area contributed by atoms with E-state index in [1.807, 2.05) is 36.4 Å². The van der Waals surface area contributed by atoms with Crippen LogP contribution in [0.15, 0.2) is 48.5 Å². The monoisotopic (exact) mass is 331 g/mol. The molecular weight excluding hydrogens is 317 g/mol. The molecule has 0 spiro atoms. The van der Waals surface area contributed by atoms with Crippen molar-refractivity contribution in [2.75, 3.05) is 6.54 Å². The lowest BCUT2D eigenvalue weighted by Gasteiger charge is -2.13. The topological polar surface area (TPSA) is 32.3 Å². The second-order valence-electron chi connectivity index (χ2n) is 4.26. The molecule has 108 valence electrons. The number of rotatable bonds is 5. The fraction of sp³-hybridized carbons (Fsp3) is 0.200. The first kappa shape index (κ1) is 17.3. The Labute approximate surface area is 135 Å². The van der Waals surface area contributed by atoms with Crippen LogP contribution in [-0.2, 0) is 6.54 Å². The van der Waals surface area contributed by atoms with Gasteiger partial charge in [0.15, 0.2) is 0 Å². The Balaban J connectivity index is 0.00000200. The fourth-order valence-corrected chi connectivity index (χ4v) is 2.36. The molecule has 0 amide bonds. The molecular formula is C15H16Cl3NO. The molecule has 0 radical (unpaired) electrons. The standard InChI is InChI=1S/C15H15Cl2NO.ClH/c16-13-7-4-8-14(17)12(13)9-18-10-15(19)11-5-2-1-3-6-11;/h1-8,15,18-19H,9-10H2;1H. The number of hydrogen-bond donors (Lipinski definition) is 2. The third-order valence-electron chi connectivity index (χ3n) is 2.89. The van der Waals surface area contributed by atoms with Gasteiger partial charge in [-0.05, 0) is 17.7 Å². The highest BCUT2D eigenvalue weighted by Crippen LogP contribution is 2.24. The fourth-order valence-electron chi connectivity index (χ4n) is 1.83. The highest BCUT2D eigenvalue weighted by molar-refractivity contribution is 6.35. The molecule has 1 atom stereocenters. The number of aliphatic hydroxyl groups excluding tert-OH is 1. The molecule has 0 bridgehead atoms. The smallest absolute Gasteiger partial charge is 0.0914 e. The van der Waals surface area contributed by atoms with Gasteiger partial charge in [0.25, 0.3) is 0 Å². The summed E-state index contributed by atoms with van der Waals surface area (Å²) in [5.74, 6) is 0. The number of aliphatic hydroxyl groups is 1. The Kier molecular flexibility index (Phi) is 7.35. The highest BCUT2D eigenvalue weighted by Gasteiger charge is 2.08. The molecule has 0 aromatic heterocycles. The van der Waals surface area contributed by atoms with E-state index >= 15 is 0 Å². The Morgan fingerprint density at radius 3 is 2.15 bits per heavy atom. The number of nitrogens with one attached hydrogen (secondary N) is 1. The molecule has 1 unspecified atom stereocenters. The van der Waals surface area contributed by atoms with Gasteiger partial charge >= 0.3 is 0 Å². The van der Waals surface area contributed by atoms with Crippen LogP contribution in [0.2, 0.25) is 10.0 Å². The zero-order valence-electron chi connectivity index (χ0n) is 10.7. The molecule has 0 saturated carbocycles. The van der Waals surface area contributed by atoms with Crippen LogP contribution in [-0.4, -0.2) is 11.7 Å². The molecule has 0 aliphatic rings. The first-order chi connectivity index (χ1) is 9.18. The van der Waals surface area contributed by atoms with Crippen molar-refractivity contribution in [1.29, 1.82) is 0 Å². The van der Waals surface area contributed by atoms with E-state index in [1.54, 1.807) is 12.1 Å². The van der Waals surface area contributed by atoms with Gasteiger partial charge in [0, 0.05) is 28.7 Å². The maximum atomic E-state index is 10.0. The third kappa shape index (κ3) is 4.65. The van der Waals surface area contributed by atoms with Crippen molar-refractivity contribution in [3.63, 3.8) is 0 Å². The largest absolute Gasteiger partial charge is 0.387 e. The van der Waals surface area contributed by atoms with Crippen molar-refractivity contribution in [3.8, 4) is 0 Å². The van der Waals surface area contributed by atoms with E-state index in [0.29, 0.717) is 23.1 Å². The average molecular weight is 333 g/mol. The minimum atomic E-state index is -0.539. The van der Waals surface area contributed by atoms with E-state index in [4.69, 9.17) is 23.2 Å². The average Bonchev–Trinajstić information content (AvgIpc) is 2.43. The predicted octanol–water partition coefficient (Wildman–Crippen LogP) is 4.24. The van der Waals surface area contributed by atoms with Crippen LogP contribution < -0.4 is 5.32 Å². The quantitative estimate of drug-likeness (QED) is 0.858. The second kappa shape index (κ2) is 8.50. The first-order valence-corrected chi connectivity index (χ1v) is 6.80. The van der Waals surface area contributed by atoms with Crippen molar-refractivity contribution in [3.05, 3.63) is 69.7 Å². The van der Waals surface area contributed by atoms with Gasteiger partial charge in [0.2, 0.25) is 0 Å². The SMILES string of the molecule is Cl.OC(CNCc1c(Cl)cccc1Cl)c1ccccc1. The molecule has 0 heterocycles. The summed E-state index contributed by atoms with van der Waals surface area (Å²) < 4.78 is 0. The molecule has 0 aliphatic carbocycles. The summed E-state index contributed by atoms with van der Waals surface area (Å²) >= 11 is 12.1. The minimum Gasteiger partial charge on any atom is -0.387 e. The molecule has 2 nitrogen and oxygen atoms in total. The van der Waals surface area contributed by atoms with E-state index < -0.39 is 6.10 Å². The Morgan fingerprint density at radius 1 is 0.950 bits per heavy atom. The van der Waals surface area contributed by atoms with E-state index in [-0.39, 0.29) is 12.4 Å². The minimum absolute atomic E-state index is 0. The number of benzene rings is 2. The lowest BCUT2D eigenvalue weighted by Crippen LogP contribution is -2.21. The lowest BCUT2D eigenvalue weighted by atomic mass is 10.1. The summed E-state index contributed by atoms with van der Waals surface area (Å²) in [5.41, 5.74) is 1.74. The molecule has 0 aliphatic heterocycles. The Morgan fingerprint density at radius 2 is 1.55 bits per heavy atom. The van der Waals surface area contributed by atoms with Crippen LogP contribution in [0, 0.1) is 0 Å². The van der Waals surface area contributed by atoms with Crippen molar-refractivity contribution < 1.29 is 5.11 Å². The Bertz CT molecular complexity index is 514. The summed E-state index contributed by atoms with van der Waals surface area (Å²) in [4.78, 5) is 0. The van der Waals surface area contributed by atoms with Crippen LogP contribution in [0.3, 0.4) is 0 Å². The molecule has 2 aromatic rings. The Hall–Kier alpha value is -0.770. The van der Waals surface area contributed by atoms with Crippen molar-refractivity contribution in [1.82, 2.24) is 5.32 Å². The van der Waals surface area contributed by atoms with Gasteiger partial charge in [0.05, 0.1) is 6.10 Å². The number of halogens is 3. The van der Waals surface area contributed by atoms with Crippen molar-refractivity contribution >= 4 is 35.6 Å². The van der Waals surface area contributed by atoms with Gasteiger partial charge in [-0.2, -0.15) is 0 Å². The normalized spacial score (nSPS) is 11.8. The first-order valence-electron chi connectivity index (χ1n) is 6.05. The summed E-state index contributed by atoms with van der Waals surface area (Å²) in [6, 6.07) is 15.0. The van der Waals surface area contributed by atoms with Gasteiger partial charge in [-0.3, -0.25) is 0 Å². The van der Waals surface area contributed by atoms with Gasteiger partial charge in [-0.15, -0.1) is 12.4 Å². The maximum Gasteiger partial charge on any atom is 0.0914 e. The molecule has 2 aromatic carbocycles. The van der Waals surface area contributed by atoms with E-state index in [1.165, 1.54) is 0 Å². The zero-order chi connectivity index (χ0) is 13.7. The number of hydrogen-bond acceptors (Lipinski definition) is 2. The molecule has 0 fully saturated rings. The zero-order valence-corrected chi connectivity index (χ0v) is 13.1. The van der Waals surface area contributed by atoms with Crippen LogP contribution in [0.5, 0.6) is 0 Å². The third-order valence-corrected chi connectivity index (χ3v) is 3.59. The van der Waals surface area contributed by atoms with Gasteiger partial charge in [0.1, 0.15) is 0 Å². The summed E-state index contributed by atoms with van der Waals surface area (Å²) in [5, 5.41) is 14.4. The maximum absolute atomic E-state index is 10.0. The predicted molar refractivity (Wildman–Crippen MR) is 86.8 cm³/mol. The molecule has 2 rings (SSSR count). The van der Waals surface area contributed by atoms with E-state index in [0.717, 1.165) is 11.1 Å². The van der Waals surface area contributed by atoms with E-state index in [2.05, 4.69) is 5.32 Å². The molecule has 2 N–H and O–H groups in total. The van der Waals surface area contributed by atoms with Crippen LogP contribution in [0.25, 0.3) is 0 Å². The van der Waals surface area contributed by atoms with Crippen LogP contribution >= 0.6 is 35.6 Å².